The quantitative estimate of drug-likeness (QED) is 0.160. The highest BCUT2D eigenvalue weighted by Crippen LogP contribution is 2.45. The maximum Gasteiger partial charge on any atom is 0.0491 e. The molecule has 0 radical (unpaired) electrons. The molecule has 2 nitrogen and oxygen atoms in total. The molecule has 0 spiro atoms. The summed E-state index contributed by atoms with van der Waals surface area (Å²) in [6, 6.07) is 62.6. The highest BCUT2D eigenvalue weighted by molar-refractivity contribution is 7.26. The minimum absolute atomic E-state index is 1.16. The first-order valence-electron chi connectivity index (χ1n) is 19.2. The van der Waals surface area contributed by atoms with Crippen LogP contribution in [0.25, 0.3) is 51.5 Å². The van der Waals surface area contributed by atoms with Crippen molar-refractivity contribution in [2.24, 2.45) is 0 Å². The number of para-hydroxylation sites is 2. The van der Waals surface area contributed by atoms with Gasteiger partial charge in [-0.2, -0.15) is 0 Å². The summed E-state index contributed by atoms with van der Waals surface area (Å²) in [5.41, 5.74) is 14.4. The molecule has 0 atom stereocenters. The molecule has 56 heavy (non-hydrogen) atoms. The summed E-state index contributed by atoms with van der Waals surface area (Å²) in [7, 11) is 0. The van der Waals surface area contributed by atoms with E-state index < -0.39 is 0 Å². The lowest BCUT2D eigenvalue weighted by atomic mass is 9.98. The molecule has 0 amide bonds. The minimum Gasteiger partial charge on any atom is -0.310 e. The fourth-order valence-corrected chi connectivity index (χ4v) is 10.5. The van der Waals surface area contributed by atoms with E-state index in [4.69, 9.17) is 0 Å². The fourth-order valence-electron chi connectivity index (χ4n) is 8.32. The van der Waals surface area contributed by atoms with Crippen LogP contribution < -0.4 is 9.80 Å². The summed E-state index contributed by atoms with van der Waals surface area (Å²) < 4.78 is 5.27. The van der Waals surface area contributed by atoms with Gasteiger partial charge in [-0.3, -0.25) is 0 Å². The molecule has 270 valence electrons. The lowest BCUT2D eigenvalue weighted by Crippen LogP contribution is -2.13. The molecular weight excluding hydrogens is 717 g/mol. The molecule has 0 bridgehead atoms. The molecule has 0 N–H and O–H groups in total. The zero-order chi connectivity index (χ0) is 37.9. The Bertz CT molecular complexity index is 2900. The van der Waals surface area contributed by atoms with Crippen molar-refractivity contribution in [3.63, 3.8) is 0 Å². The maximum absolute atomic E-state index is 2.43. The van der Waals surface area contributed by atoms with E-state index in [-0.39, 0.29) is 0 Å². The van der Waals surface area contributed by atoms with Gasteiger partial charge in [0.25, 0.3) is 0 Å². The minimum atomic E-state index is 1.16. The van der Waals surface area contributed by atoms with Gasteiger partial charge in [-0.05, 0) is 146 Å². The number of aryl methyl sites for hydroxylation is 4. The molecule has 2 heterocycles. The van der Waals surface area contributed by atoms with Crippen molar-refractivity contribution < 1.29 is 0 Å². The number of nitrogens with zero attached hydrogens (tertiary/aromatic N) is 2. The van der Waals surface area contributed by atoms with Crippen LogP contribution >= 0.6 is 22.7 Å². The van der Waals surface area contributed by atoms with E-state index >= 15 is 0 Å². The summed E-state index contributed by atoms with van der Waals surface area (Å²) in [5, 5.41) is 5.22. The average molecular weight is 757 g/mol. The van der Waals surface area contributed by atoms with Crippen molar-refractivity contribution in [1.82, 2.24) is 0 Å². The Morgan fingerprint density at radius 2 is 0.679 bits per heavy atom. The van der Waals surface area contributed by atoms with Crippen molar-refractivity contribution in [3.8, 4) is 11.1 Å². The second-order valence-electron chi connectivity index (χ2n) is 14.8. The summed E-state index contributed by atoms with van der Waals surface area (Å²) in [6.07, 6.45) is 0. The van der Waals surface area contributed by atoms with Crippen molar-refractivity contribution in [2.45, 2.75) is 27.7 Å². The number of hydrogen-bond acceptors (Lipinski definition) is 4. The van der Waals surface area contributed by atoms with Crippen LogP contribution in [0.2, 0.25) is 0 Å². The second kappa shape index (κ2) is 13.8. The summed E-state index contributed by atoms with van der Waals surface area (Å²) >= 11 is 3.72. The maximum atomic E-state index is 2.43. The molecule has 0 saturated carbocycles. The summed E-state index contributed by atoms with van der Waals surface area (Å²) in [4.78, 5) is 4.87. The first-order valence-corrected chi connectivity index (χ1v) is 20.8. The fraction of sp³-hybridized carbons (Fsp3) is 0.0769. The lowest BCUT2D eigenvalue weighted by Gasteiger charge is -2.29. The molecule has 2 aromatic heterocycles. The Kier molecular flexibility index (Phi) is 8.47. The monoisotopic (exact) mass is 756 g/mol. The van der Waals surface area contributed by atoms with E-state index in [1.807, 2.05) is 22.7 Å². The van der Waals surface area contributed by atoms with Gasteiger partial charge >= 0.3 is 0 Å². The molecule has 0 aliphatic heterocycles. The van der Waals surface area contributed by atoms with Crippen LogP contribution in [0.5, 0.6) is 0 Å². The highest BCUT2D eigenvalue weighted by atomic mass is 32.1. The smallest absolute Gasteiger partial charge is 0.0491 e. The number of fused-ring (bicyclic) bond motifs is 6. The van der Waals surface area contributed by atoms with Crippen LogP contribution in [-0.2, 0) is 0 Å². The number of rotatable bonds is 7. The van der Waals surface area contributed by atoms with Crippen LogP contribution in [0, 0.1) is 27.7 Å². The SMILES string of the molecule is Cc1ccccc1N(c1ccc2sc3ccccc3c2c1)c1ccc(-c2ccc(N(c3ccc4sc5ccccc5c4c3)c3ccccc3C)c(C)c2)cc1C. The van der Waals surface area contributed by atoms with E-state index in [2.05, 4.69) is 207 Å². The van der Waals surface area contributed by atoms with Gasteiger partial charge in [-0.1, -0.05) is 84.9 Å². The third-order valence-corrected chi connectivity index (χ3v) is 13.5. The van der Waals surface area contributed by atoms with E-state index in [0.717, 1.165) is 11.4 Å². The van der Waals surface area contributed by atoms with E-state index in [1.165, 1.54) is 96.5 Å². The zero-order valence-corrected chi connectivity index (χ0v) is 33.5. The largest absolute Gasteiger partial charge is 0.310 e. The normalized spacial score (nSPS) is 11.6. The van der Waals surface area contributed by atoms with E-state index in [1.54, 1.807) is 0 Å². The van der Waals surface area contributed by atoms with Gasteiger partial charge in [0.15, 0.2) is 0 Å². The lowest BCUT2D eigenvalue weighted by molar-refractivity contribution is 1.22. The van der Waals surface area contributed by atoms with Crippen molar-refractivity contribution >= 4 is 97.1 Å². The Labute approximate surface area is 336 Å². The van der Waals surface area contributed by atoms with E-state index in [0.29, 0.717) is 0 Å². The first-order chi connectivity index (χ1) is 27.4. The second-order valence-corrected chi connectivity index (χ2v) is 17.0. The molecule has 4 heteroatoms. The standard InChI is InChI=1S/C52H40N2S2/c1-33-13-5-9-17-45(33)53(39-23-27-51-43(31-39)41-15-7-11-19-49(41)55-51)47-25-21-37(29-35(47)3)38-22-26-48(36(4)30-38)54(46-18-10-6-14-34(46)2)40-24-28-52-44(32-40)42-16-8-12-20-50(42)56-52/h5-32H,1-4H3. The van der Waals surface area contributed by atoms with Gasteiger partial charge < -0.3 is 9.80 Å². The molecule has 0 aliphatic carbocycles. The third kappa shape index (κ3) is 5.85. The van der Waals surface area contributed by atoms with Crippen LogP contribution in [0.4, 0.5) is 34.1 Å². The zero-order valence-electron chi connectivity index (χ0n) is 31.9. The third-order valence-electron chi connectivity index (χ3n) is 11.2. The predicted octanol–water partition coefficient (Wildman–Crippen LogP) is 16.3. The van der Waals surface area contributed by atoms with Crippen LogP contribution in [0.3, 0.4) is 0 Å². The molecule has 0 saturated heterocycles. The van der Waals surface area contributed by atoms with Crippen molar-refractivity contribution in [3.05, 3.63) is 192 Å². The van der Waals surface area contributed by atoms with Gasteiger partial charge in [-0.25, -0.2) is 0 Å². The first kappa shape index (κ1) is 34.3. The highest BCUT2D eigenvalue weighted by Gasteiger charge is 2.21. The predicted molar refractivity (Wildman–Crippen MR) is 246 cm³/mol. The van der Waals surface area contributed by atoms with Crippen molar-refractivity contribution in [1.29, 1.82) is 0 Å². The van der Waals surface area contributed by atoms with Crippen LogP contribution in [0.15, 0.2) is 170 Å². The van der Waals surface area contributed by atoms with Gasteiger partial charge in [0, 0.05) is 74.5 Å². The Morgan fingerprint density at radius 1 is 0.304 bits per heavy atom. The number of hydrogen-bond donors (Lipinski definition) is 0. The molecule has 0 aliphatic rings. The Morgan fingerprint density at radius 3 is 1.11 bits per heavy atom. The summed E-state index contributed by atoms with van der Waals surface area (Å²) in [6.45, 7) is 8.90. The molecule has 0 unspecified atom stereocenters. The van der Waals surface area contributed by atoms with Crippen LogP contribution in [0.1, 0.15) is 22.3 Å². The Balaban J connectivity index is 1.05. The topological polar surface area (TPSA) is 6.48 Å². The molecule has 10 aromatic rings. The average Bonchev–Trinajstić information content (AvgIpc) is 3.78. The molecule has 8 aromatic carbocycles. The number of benzene rings is 8. The van der Waals surface area contributed by atoms with Gasteiger partial charge in [0.05, 0.1) is 0 Å². The Hall–Kier alpha value is -6.20. The number of thiophene rings is 2. The molecule has 10 rings (SSSR count). The van der Waals surface area contributed by atoms with Gasteiger partial charge in [0.1, 0.15) is 0 Å². The molecule has 0 fully saturated rings. The number of anilines is 6. The molecular formula is C52H40N2S2. The van der Waals surface area contributed by atoms with Gasteiger partial charge in [-0.15, -0.1) is 22.7 Å². The van der Waals surface area contributed by atoms with Gasteiger partial charge in [0.2, 0.25) is 0 Å². The van der Waals surface area contributed by atoms with Crippen LogP contribution in [-0.4, -0.2) is 0 Å². The summed E-state index contributed by atoms with van der Waals surface area (Å²) in [5.74, 6) is 0. The van der Waals surface area contributed by atoms with E-state index in [9.17, 15) is 0 Å². The van der Waals surface area contributed by atoms with Crippen molar-refractivity contribution in [2.75, 3.05) is 9.80 Å².